The lowest BCUT2D eigenvalue weighted by atomic mass is 10.1. The second kappa shape index (κ2) is 10.3. The Morgan fingerprint density at radius 2 is 1.88 bits per heavy atom. The van der Waals surface area contributed by atoms with Crippen LogP contribution in [0.15, 0.2) is 18.5 Å². The fraction of sp³-hybridized carbons (Fsp3) is 0.632. The van der Waals surface area contributed by atoms with Crippen molar-refractivity contribution >= 4 is 11.7 Å². The number of nitrogens with one attached hydrogen (secondary N) is 1. The fourth-order valence-corrected chi connectivity index (χ4v) is 2.87. The third-order valence-corrected chi connectivity index (χ3v) is 5.21. The Bertz CT molecular complexity index is 978. The van der Waals surface area contributed by atoms with Crippen molar-refractivity contribution in [3.05, 3.63) is 29.7 Å². The first-order valence-corrected chi connectivity index (χ1v) is 9.93. The fourth-order valence-electron chi connectivity index (χ4n) is 2.87. The number of fused-ring (bicyclic) bond motifs is 1. The van der Waals surface area contributed by atoms with Gasteiger partial charge in [0, 0.05) is 26.3 Å². The molecule has 1 fully saturated rings. The Morgan fingerprint density at radius 3 is 2.32 bits per heavy atom. The number of rotatable bonds is 6. The van der Waals surface area contributed by atoms with Gasteiger partial charge in [-0.15, -0.1) is 0 Å². The summed E-state index contributed by atoms with van der Waals surface area (Å²) in [7, 11) is 2.45. The predicted molar refractivity (Wildman–Crippen MR) is 108 cm³/mol. The lowest BCUT2D eigenvalue weighted by Gasteiger charge is -2.26. The summed E-state index contributed by atoms with van der Waals surface area (Å²) in [5, 5.41) is 6.13. The molecule has 0 aromatic carbocycles. The smallest absolute Gasteiger partial charge is 0.382 e. The number of carbonyl (C=O) groups is 1. The number of carbonyl (C=O) groups excluding carboxylic acids is 1. The second-order valence-electron chi connectivity index (χ2n) is 7.91. The van der Waals surface area contributed by atoms with E-state index in [0.29, 0.717) is 16.9 Å². The van der Waals surface area contributed by atoms with Gasteiger partial charge in [-0.2, -0.15) is 31.4 Å². The van der Waals surface area contributed by atoms with Crippen LogP contribution >= 0.6 is 0 Å². The van der Waals surface area contributed by atoms with E-state index in [0.717, 1.165) is 25.9 Å². The van der Waals surface area contributed by atoms with Gasteiger partial charge < -0.3 is 25.4 Å². The summed E-state index contributed by atoms with van der Waals surface area (Å²) in [6, 6.07) is -1.77. The van der Waals surface area contributed by atoms with Crippen LogP contribution in [0.5, 0.6) is 0 Å². The largest absolute Gasteiger partial charge is 0.416 e. The van der Waals surface area contributed by atoms with Gasteiger partial charge >= 0.3 is 18.4 Å². The Balaban J connectivity index is 0.000000387. The predicted octanol–water partition coefficient (Wildman–Crippen LogP) is 2.81. The minimum atomic E-state index is -4.51. The van der Waals surface area contributed by atoms with Gasteiger partial charge in [-0.25, -0.2) is 14.3 Å². The molecule has 34 heavy (non-hydrogen) atoms. The molecule has 0 spiro atoms. The van der Waals surface area contributed by atoms with Crippen LogP contribution in [0.2, 0.25) is 0 Å². The van der Waals surface area contributed by atoms with E-state index in [1.807, 2.05) is 5.32 Å². The van der Waals surface area contributed by atoms with Gasteiger partial charge in [-0.3, -0.25) is 0 Å². The highest BCUT2D eigenvalue weighted by atomic mass is 19.4. The second-order valence-corrected chi connectivity index (χ2v) is 7.91. The van der Waals surface area contributed by atoms with Gasteiger partial charge in [-0.1, -0.05) is 0 Å². The molecule has 0 bridgehead atoms. The van der Waals surface area contributed by atoms with E-state index in [1.165, 1.54) is 17.8 Å². The van der Waals surface area contributed by atoms with Crippen molar-refractivity contribution in [2.45, 2.75) is 50.4 Å². The highest BCUT2D eigenvalue weighted by molar-refractivity contribution is 5.77. The minimum Gasteiger partial charge on any atom is -0.382 e. The molecule has 2 unspecified atom stereocenters. The molecule has 0 aliphatic carbocycles. The van der Waals surface area contributed by atoms with Gasteiger partial charge in [0.2, 0.25) is 0 Å². The first-order chi connectivity index (χ1) is 15.6. The molecule has 2 aromatic heterocycles. The van der Waals surface area contributed by atoms with Crippen LogP contribution < -0.4 is 11.1 Å². The van der Waals surface area contributed by atoms with Crippen LogP contribution in [0, 0.1) is 0 Å². The van der Waals surface area contributed by atoms with E-state index in [4.69, 9.17) is 10.5 Å². The number of hydrogen-bond acceptors (Lipinski definition) is 6. The molecule has 2 aromatic rings. The van der Waals surface area contributed by atoms with E-state index in [9.17, 15) is 31.1 Å². The van der Waals surface area contributed by atoms with E-state index < -0.39 is 42.6 Å². The molecule has 15 heteroatoms. The van der Waals surface area contributed by atoms with Crippen molar-refractivity contribution in [2.75, 3.05) is 27.4 Å². The molecule has 1 aliphatic rings. The van der Waals surface area contributed by atoms with Crippen LogP contribution in [0.4, 0.5) is 31.1 Å². The van der Waals surface area contributed by atoms with E-state index >= 15 is 0 Å². The number of hydrogen-bond donors (Lipinski definition) is 2. The lowest BCUT2D eigenvalue weighted by molar-refractivity contribution is -0.255. The molecule has 0 saturated carbocycles. The van der Waals surface area contributed by atoms with Crippen LogP contribution in [-0.2, 0) is 16.0 Å². The number of imidazole rings is 1. The maximum absolute atomic E-state index is 12.9. The van der Waals surface area contributed by atoms with Crippen LogP contribution in [-0.4, -0.2) is 76.9 Å². The van der Waals surface area contributed by atoms with Gasteiger partial charge in [0.1, 0.15) is 6.04 Å². The van der Waals surface area contributed by atoms with E-state index in [1.54, 1.807) is 12.3 Å². The molecule has 192 valence electrons. The molecule has 3 rings (SSSR count). The number of amides is 2. The number of urea groups is 1. The number of alkyl halides is 6. The average molecular weight is 500 g/mol. The third-order valence-electron chi connectivity index (χ3n) is 5.21. The van der Waals surface area contributed by atoms with Crippen molar-refractivity contribution in [3.8, 4) is 0 Å². The maximum Gasteiger partial charge on any atom is 0.416 e. The number of ether oxygens (including phenoxy) is 2. The average Bonchev–Trinajstić information content (AvgIpc) is 3.34. The van der Waals surface area contributed by atoms with Crippen molar-refractivity contribution in [1.82, 2.24) is 24.8 Å². The molecule has 2 atom stereocenters. The molecule has 1 saturated heterocycles. The zero-order valence-corrected chi connectivity index (χ0v) is 18.9. The molecular weight excluding hydrogens is 474 g/mol. The summed E-state index contributed by atoms with van der Waals surface area (Å²) in [6.45, 7) is 1.73. The summed E-state index contributed by atoms with van der Waals surface area (Å²) in [6.07, 6.45) is -5.65. The maximum atomic E-state index is 12.9. The summed E-state index contributed by atoms with van der Waals surface area (Å²) < 4.78 is 84.6. The molecule has 9 nitrogen and oxygen atoms in total. The van der Waals surface area contributed by atoms with Crippen molar-refractivity contribution < 1.29 is 40.6 Å². The van der Waals surface area contributed by atoms with Gasteiger partial charge in [0.05, 0.1) is 37.3 Å². The Labute approximate surface area is 191 Å². The first kappa shape index (κ1) is 27.6. The van der Waals surface area contributed by atoms with Gasteiger partial charge in [0.15, 0.2) is 11.2 Å². The molecule has 1 aliphatic heterocycles. The standard InChI is InChI=1S/C14H17F3N6O2.C5H9F3O/c1-25-7-10(22-6-11(14(15,16)17)21-13(22)24)8-2-12-20-9(3-18)5-23(12)19-4-8;1-4(2,9-3)5(6,7)8/h2,4-5,10-11H,3,6-7,18H2,1H3,(H,21,24);1-3H3. The molecule has 2 amide bonds. The number of nitrogens with zero attached hydrogens (tertiary/aromatic N) is 4. The minimum absolute atomic E-state index is 0.0281. The quantitative estimate of drug-likeness (QED) is 0.591. The lowest BCUT2D eigenvalue weighted by Crippen LogP contribution is -2.40. The number of methoxy groups -OCH3 is 2. The molecule has 0 radical (unpaired) electrons. The summed E-state index contributed by atoms with van der Waals surface area (Å²) in [4.78, 5) is 17.4. The van der Waals surface area contributed by atoms with E-state index in [-0.39, 0.29) is 13.2 Å². The first-order valence-electron chi connectivity index (χ1n) is 9.93. The molecular formula is C19H26F6N6O3. The number of halogens is 6. The number of aromatic nitrogens is 3. The van der Waals surface area contributed by atoms with Crippen LogP contribution in [0.25, 0.3) is 5.65 Å². The zero-order chi connectivity index (χ0) is 25.9. The van der Waals surface area contributed by atoms with Gasteiger partial charge in [0.25, 0.3) is 0 Å². The molecule has 3 heterocycles. The Hall–Kier alpha value is -2.65. The SMILES string of the molecule is COC(C)(C)C(F)(F)F.COCC(c1cnn2cc(CN)nc2c1)N1CC(C(F)(F)F)NC1=O. The number of nitrogens with two attached hydrogens (primary N) is 1. The highest BCUT2D eigenvalue weighted by Gasteiger charge is 2.49. The Morgan fingerprint density at radius 1 is 1.24 bits per heavy atom. The van der Waals surface area contributed by atoms with Crippen molar-refractivity contribution in [1.29, 1.82) is 0 Å². The monoisotopic (exact) mass is 500 g/mol. The highest BCUT2D eigenvalue weighted by Crippen LogP contribution is 2.32. The van der Waals surface area contributed by atoms with Crippen molar-refractivity contribution in [3.63, 3.8) is 0 Å². The summed E-state index contributed by atoms with van der Waals surface area (Å²) >= 11 is 0. The van der Waals surface area contributed by atoms with E-state index in [2.05, 4.69) is 14.8 Å². The van der Waals surface area contributed by atoms with Crippen molar-refractivity contribution in [2.24, 2.45) is 5.73 Å². The Kier molecular flexibility index (Phi) is 8.37. The normalized spacial score (nSPS) is 18.0. The zero-order valence-electron chi connectivity index (χ0n) is 18.9. The third kappa shape index (κ3) is 6.27. The summed E-state index contributed by atoms with van der Waals surface area (Å²) in [5.74, 6) is 0. The topological polar surface area (TPSA) is 107 Å². The van der Waals surface area contributed by atoms with Gasteiger partial charge in [-0.05, 0) is 19.9 Å². The summed E-state index contributed by atoms with van der Waals surface area (Å²) in [5.41, 5.74) is 5.17. The van der Waals surface area contributed by atoms with Crippen LogP contribution in [0.1, 0.15) is 31.1 Å². The molecule has 3 N–H and O–H groups in total. The van der Waals surface area contributed by atoms with Crippen LogP contribution in [0.3, 0.4) is 0 Å².